The molecule has 6 heteroatoms. The average Bonchev–Trinajstić information content (AvgIpc) is 2.65. The molecule has 1 saturated carbocycles. The van der Waals surface area contributed by atoms with Crippen molar-refractivity contribution >= 4 is 23.3 Å². The lowest BCUT2D eigenvalue weighted by molar-refractivity contribution is 0.664. The van der Waals surface area contributed by atoms with Crippen molar-refractivity contribution in [2.75, 3.05) is 5.32 Å². The second-order valence-electron chi connectivity index (χ2n) is 5.90. The first-order valence-electron chi connectivity index (χ1n) is 8.34. The van der Waals surface area contributed by atoms with Crippen molar-refractivity contribution in [3.63, 3.8) is 0 Å². The van der Waals surface area contributed by atoms with Gasteiger partial charge in [0.05, 0.1) is 11.9 Å². The summed E-state index contributed by atoms with van der Waals surface area (Å²) in [6.45, 7) is 0. The van der Waals surface area contributed by atoms with Gasteiger partial charge in [0, 0.05) is 23.2 Å². The molecule has 1 aliphatic rings. The molecule has 0 unspecified atom stereocenters. The van der Waals surface area contributed by atoms with Gasteiger partial charge >= 0.3 is 0 Å². The molecular formula is C19H19N5O. The topological polar surface area (TPSA) is 93.4 Å². The van der Waals surface area contributed by atoms with Crippen LogP contribution in [-0.2, 0) is 0 Å². The van der Waals surface area contributed by atoms with Gasteiger partial charge in [0.2, 0.25) is 0 Å². The molecule has 0 amide bonds. The van der Waals surface area contributed by atoms with Gasteiger partial charge in [0.25, 0.3) is 5.56 Å². The van der Waals surface area contributed by atoms with E-state index in [1.165, 1.54) is 6.42 Å². The van der Waals surface area contributed by atoms with Gasteiger partial charge in [0.1, 0.15) is 11.6 Å². The predicted molar refractivity (Wildman–Crippen MR) is 99.6 cm³/mol. The molecule has 0 radical (unpaired) electrons. The van der Waals surface area contributed by atoms with E-state index in [0.29, 0.717) is 11.3 Å². The van der Waals surface area contributed by atoms with E-state index in [9.17, 15) is 10.1 Å². The number of aromatic nitrogens is 1. The number of rotatable bonds is 4. The Kier molecular flexibility index (Phi) is 5.37. The highest BCUT2D eigenvalue weighted by Gasteiger charge is 2.12. The third-order valence-electron chi connectivity index (χ3n) is 4.11. The first-order valence-corrected chi connectivity index (χ1v) is 8.34. The van der Waals surface area contributed by atoms with Crippen molar-refractivity contribution < 1.29 is 0 Å². The SMILES string of the molecule is N#Cc1c(Nc2ccccc2)c(/C=N/N=C2CCCCC2)c[nH]c1=O. The fourth-order valence-electron chi connectivity index (χ4n) is 2.79. The molecule has 1 aliphatic carbocycles. The molecule has 1 fully saturated rings. The summed E-state index contributed by atoms with van der Waals surface area (Å²) in [6.07, 6.45) is 8.66. The van der Waals surface area contributed by atoms with E-state index in [4.69, 9.17) is 0 Å². The molecule has 0 saturated heterocycles. The molecule has 2 N–H and O–H groups in total. The molecule has 25 heavy (non-hydrogen) atoms. The fourth-order valence-corrected chi connectivity index (χ4v) is 2.79. The first kappa shape index (κ1) is 16.7. The zero-order valence-electron chi connectivity index (χ0n) is 13.8. The molecule has 0 aliphatic heterocycles. The van der Waals surface area contributed by atoms with Gasteiger partial charge in [-0.1, -0.05) is 24.6 Å². The van der Waals surface area contributed by atoms with Gasteiger partial charge < -0.3 is 10.3 Å². The molecule has 126 valence electrons. The number of hydrogen-bond acceptors (Lipinski definition) is 5. The van der Waals surface area contributed by atoms with E-state index in [2.05, 4.69) is 20.5 Å². The summed E-state index contributed by atoms with van der Waals surface area (Å²) in [4.78, 5) is 14.5. The summed E-state index contributed by atoms with van der Waals surface area (Å²) in [5.74, 6) is 0. The van der Waals surface area contributed by atoms with E-state index in [0.717, 1.165) is 37.1 Å². The monoisotopic (exact) mass is 333 g/mol. The molecule has 0 atom stereocenters. The summed E-state index contributed by atoms with van der Waals surface area (Å²) in [7, 11) is 0. The van der Waals surface area contributed by atoms with Crippen molar-refractivity contribution in [2.24, 2.45) is 10.2 Å². The Labute approximate surface area is 145 Å². The van der Waals surface area contributed by atoms with Crippen LogP contribution in [0.2, 0.25) is 0 Å². The molecule has 1 aromatic carbocycles. The quantitative estimate of drug-likeness (QED) is 0.659. The highest BCUT2D eigenvalue weighted by molar-refractivity contribution is 5.91. The van der Waals surface area contributed by atoms with Gasteiger partial charge in [-0.15, -0.1) is 0 Å². The zero-order chi connectivity index (χ0) is 17.5. The lowest BCUT2D eigenvalue weighted by atomic mass is 9.99. The number of aromatic amines is 1. The second-order valence-corrected chi connectivity index (χ2v) is 5.90. The van der Waals surface area contributed by atoms with Crippen LogP contribution in [0.15, 0.2) is 51.5 Å². The Morgan fingerprint density at radius 3 is 2.64 bits per heavy atom. The lowest BCUT2D eigenvalue weighted by Gasteiger charge is -2.11. The number of nitrogens with zero attached hydrogens (tertiary/aromatic N) is 3. The van der Waals surface area contributed by atoms with E-state index < -0.39 is 5.56 Å². The Morgan fingerprint density at radius 1 is 1.16 bits per heavy atom. The maximum absolute atomic E-state index is 11.9. The molecule has 0 bridgehead atoms. The predicted octanol–water partition coefficient (Wildman–Crippen LogP) is 3.73. The molecule has 2 aromatic rings. The normalized spacial score (nSPS) is 14.3. The van der Waals surface area contributed by atoms with Gasteiger partial charge in [-0.3, -0.25) is 4.79 Å². The lowest BCUT2D eigenvalue weighted by Crippen LogP contribution is -2.14. The molecular weight excluding hydrogens is 314 g/mol. The van der Waals surface area contributed by atoms with Crippen molar-refractivity contribution in [3.05, 3.63) is 58.0 Å². The van der Waals surface area contributed by atoms with E-state index in [-0.39, 0.29) is 5.56 Å². The van der Waals surface area contributed by atoms with Crippen LogP contribution >= 0.6 is 0 Å². The maximum Gasteiger partial charge on any atom is 0.268 e. The second kappa shape index (κ2) is 8.06. The summed E-state index contributed by atoms with van der Waals surface area (Å²) in [5, 5.41) is 20.9. The van der Waals surface area contributed by atoms with Crippen LogP contribution in [0.1, 0.15) is 43.2 Å². The summed E-state index contributed by atoms with van der Waals surface area (Å²) >= 11 is 0. The first-order chi connectivity index (χ1) is 12.3. The Hall–Kier alpha value is -3.20. The molecule has 1 aromatic heterocycles. The van der Waals surface area contributed by atoms with Crippen molar-refractivity contribution in [2.45, 2.75) is 32.1 Å². The van der Waals surface area contributed by atoms with Crippen LogP contribution in [0, 0.1) is 11.3 Å². The summed E-state index contributed by atoms with van der Waals surface area (Å²) < 4.78 is 0. The van der Waals surface area contributed by atoms with E-state index in [1.54, 1.807) is 12.4 Å². The average molecular weight is 333 g/mol. The van der Waals surface area contributed by atoms with Crippen LogP contribution in [-0.4, -0.2) is 16.9 Å². The number of benzene rings is 1. The maximum atomic E-state index is 11.9. The number of anilines is 2. The smallest absolute Gasteiger partial charge is 0.268 e. The van der Waals surface area contributed by atoms with Gasteiger partial charge in [0.15, 0.2) is 0 Å². The van der Waals surface area contributed by atoms with Crippen LogP contribution < -0.4 is 10.9 Å². The minimum Gasteiger partial charge on any atom is -0.354 e. The number of nitrogens with one attached hydrogen (secondary N) is 2. The number of nitriles is 1. The van der Waals surface area contributed by atoms with Crippen LogP contribution in [0.5, 0.6) is 0 Å². The molecule has 6 nitrogen and oxygen atoms in total. The summed E-state index contributed by atoms with van der Waals surface area (Å²) in [6, 6.07) is 11.4. The Morgan fingerprint density at radius 2 is 1.92 bits per heavy atom. The van der Waals surface area contributed by atoms with Gasteiger partial charge in [-0.05, 0) is 37.8 Å². The zero-order valence-corrected chi connectivity index (χ0v) is 13.8. The Bertz CT molecular complexity index is 882. The van der Waals surface area contributed by atoms with Crippen molar-refractivity contribution in [1.29, 1.82) is 5.26 Å². The minimum absolute atomic E-state index is 0.0260. The van der Waals surface area contributed by atoms with E-state index in [1.807, 2.05) is 36.4 Å². The number of hydrogen-bond donors (Lipinski definition) is 2. The van der Waals surface area contributed by atoms with Crippen LogP contribution in [0.4, 0.5) is 11.4 Å². The molecule has 1 heterocycles. The largest absolute Gasteiger partial charge is 0.354 e. The molecule has 0 spiro atoms. The minimum atomic E-state index is -0.434. The standard InChI is InChI=1S/C19H19N5O/c20-11-17-18(23-15-7-3-1-4-8-15)14(12-21-19(17)25)13-22-24-16-9-5-2-6-10-16/h1,3-4,7-8,12-13H,2,5-6,9-10H2,(H2,21,23,25)/b22-13+. The third-order valence-corrected chi connectivity index (χ3v) is 4.11. The van der Waals surface area contributed by atoms with Crippen molar-refractivity contribution in [3.8, 4) is 6.07 Å². The van der Waals surface area contributed by atoms with E-state index >= 15 is 0 Å². The third kappa shape index (κ3) is 4.21. The van der Waals surface area contributed by atoms with Crippen LogP contribution in [0.25, 0.3) is 0 Å². The number of pyridine rings is 1. The van der Waals surface area contributed by atoms with Crippen LogP contribution in [0.3, 0.4) is 0 Å². The van der Waals surface area contributed by atoms with Crippen molar-refractivity contribution in [1.82, 2.24) is 4.98 Å². The van der Waals surface area contributed by atoms with Gasteiger partial charge in [-0.25, -0.2) is 0 Å². The highest BCUT2D eigenvalue weighted by atomic mass is 16.1. The highest BCUT2D eigenvalue weighted by Crippen LogP contribution is 2.21. The van der Waals surface area contributed by atoms with Gasteiger partial charge in [-0.2, -0.15) is 15.5 Å². The number of para-hydroxylation sites is 1. The molecule has 3 rings (SSSR count). The fraction of sp³-hybridized carbons (Fsp3) is 0.263. The summed E-state index contributed by atoms with van der Waals surface area (Å²) in [5.41, 5.74) is 2.53. The Balaban J connectivity index is 1.93. The number of H-pyrrole nitrogens is 1.